The van der Waals surface area contributed by atoms with Crippen LogP contribution in [0.15, 0.2) is 10.8 Å². The van der Waals surface area contributed by atoms with Crippen LogP contribution in [0.2, 0.25) is 0 Å². The molecule has 0 aromatic carbocycles. The summed E-state index contributed by atoms with van der Waals surface area (Å²) in [5.74, 6) is 1.79. The average molecular weight is 332 g/mol. The summed E-state index contributed by atoms with van der Waals surface area (Å²) < 4.78 is 45.8. The molecule has 1 unspecified atom stereocenters. The van der Waals surface area contributed by atoms with Crippen LogP contribution in [0.25, 0.3) is 0 Å². The van der Waals surface area contributed by atoms with Gasteiger partial charge in [-0.25, -0.2) is 8.42 Å². The summed E-state index contributed by atoms with van der Waals surface area (Å²) in [6.07, 6.45) is 0.891. The van der Waals surface area contributed by atoms with Crippen molar-refractivity contribution in [2.24, 2.45) is 0 Å². The van der Waals surface area contributed by atoms with Gasteiger partial charge in [0.2, 0.25) is 0 Å². The summed E-state index contributed by atoms with van der Waals surface area (Å²) in [4.78, 5) is 0. The quantitative estimate of drug-likeness (QED) is 0.510. The number of rotatable bonds is 4. The molecule has 1 aromatic heterocycles. The van der Waals surface area contributed by atoms with Gasteiger partial charge < -0.3 is 18.8 Å². The van der Waals surface area contributed by atoms with Crippen molar-refractivity contribution in [2.45, 2.75) is 25.2 Å². The molecule has 20 heavy (non-hydrogen) atoms. The van der Waals surface area contributed by atoms with Crippen molar-refractivity contribution in [3.8, 4) is 11.5 Å². The van der Waals surface area contributed by atoms with E-state index in [9.17, 15) is 13.0 Å². The molecule has 0 radical (unpaired) electrons. The van der Waals surface area contributed by atoms with Gasteiger partial charge in [0, 0.05) is 17.9 Å². The molecule has 2 heterocycles. The fourth-order valence-corrected chi connectivity index (χ4v) is 2.85. The molecular formula is C11H17NaO6S2. The Morgan fingerprint density at radius 3 is 2.15 bits per heavy atom. The molecule has 0 spiro atoms. The van der Waals surface area contributed by atoms with Crippen molar-refractivity contribution in [3.63, 3.8) is 0 Å². The van der Waals surface area contributed by atoms with Gasteiger partial charge in [-0.2, -0.15) is 0 Å². The zero-order valence-electron chi connectivity index (χ0n) is 11.8. The molecule has 1 aromatic rings. The second-order valence-electron chi connectivity index (χ2n) is 3.74. The fourth-order valence-electron chi connectivity index (χ4n) is 1.40. The third kappa shape index (κ3) is 6.75. The number of fused-ring (bicyclic) bond motifs is 1. The van der Waals surface area contributed by atoms with Gasteiger partial charge in [-0.3, -0.25) is 0 Å². The Labute approximate surface area is 145 Å². The maximum atomic E-state index is 10.3. The van der Waals surface area contributed by atoms with Crippen LogP contribution in [0.1, 0.15) is 19.8 Å². The van der Waals surface area contributed by atoms with Crippen molar-refractivity contribution in [1.82, 2.24) is 0 Å². The van der Waals surface area contributed by atoms with Gasteiger partial charge in [-0.1, -0.05) is 13.3 Å². The maximum Gasteiger partial charge on any atom is 1.00 e. The van der Waals surface area contributed by atoms with E-state index < -0.39 is 15.6 Å². The summed E-state index contributed by atoms with van der Waals surface area (Å²) >= 11 is 1.61. The Hall–Kier alpha value is 0.170. The van der Waals surface area contributed by atoms with Gasteiger partial charge in [0.05, 0.1) is 0 Å². The molecule has 1 aliphatic heterocycles. The Morgan fingerprint density at radius 2 is 1.85 bits per heavy atom. The molecule has 6 nitrogen and oxygen atoms in total. The van der Waals surface area contributed by atoms with Crippen LogP contribution >= 0.6 is 11.3 Å². The van der Waals surface area contributed by atoms with E-state index >= 15 is 0 Å². The van der Waals surface area contributed by atoms with Crippen LogP contribution in [-0.2, 0) is 14.9 Å². The van der Waals surface area contributed by atoms with E-state index in [1.165, 1.54) is 7.11 Å². The Morgan fingerprint density at radius 1 is 1.35 bits per heavy atom. The van der Waals surface area contributed by atoms with Crippen molar-refractivity contribution in [3.05, 3.63) is 10.8 Å². The first-order valence-corrected chi connectivity index (χ1v) is 8.19. The van der Waals surface area contributed by atoms with Gasteiger partial charge in [0.15, 0.2) is 11.5 Å². The van der Waals surface area contributed by atoms with E-state index in [0.717, 1.165) is 11.5 Å². The summed E-state index contributed by atoms with van der Waals surface area (Å²) in [5.41, 5.74) is -1.17. The van der Waals surface area contributed by atoms with Crippen molar-refractivity contribution >= 4 is 21.5 Å². The molecular weight excluding hydrogens is 315 g/mol. The zero-order valence-corrected chi connectivity index (χ0v) is 15.5. The topological polar surface area (TPSA) is 84.9 Å². The number of hydrogen-bond donors (Lipinski definition) is 0. The molecule has 0 aliphatic carbocycles. The van der Waals surface area contributed by atoms with E-state index in [1.807, 2.05) is 10.8 Å². The second-order valence-corrected chi connectivity index (χ2v) is 6.00. The van der Waals surface area contributed by atoms with Gasteiger partial charge in [0.1, 0.15) is 28.8 Å². The van der Waals surface area contributed by atoms with Crippen LogP contribution < -0.4 is 39.0 Å². The van der Waals surface area contributed by atoms with E-state index in [0.29, 0.717) is 19.6 Å². The molecule has 0 saturated carbocycles. The molecule has 0 bridgehead atoms. The molecule has 2 rings (SSSR count). The molecule has 0 amide bonds. The Kier molecular flexibility index (Phi) is 10.1. The first kappa shape index (κ1) is 20.2. The first-order chi connectivity index (χ1) is 8.99. The predicted octanol–water partition coefficient (Wildman–Crippen LogP) is -1.17. The molecule has 110 valence electrons. The Balaban J connectivity index is 0.000000344. The van der Waals surface area contributed by atoms with Crippen LogP contribution in [0.5, 0.6) is 11.5 Å². The monoisotopic (exact) mass is 332 g/mol. The summed E-state index contributed by atoms with van der Waals surface area (Å²) in [6.45, 7) is 3.16. The van der Waals surface area contributed by atoms with E-state index in [4.69, 9.17) is 9.47 Å². The number of thiophene rings is 1. The zero-order chi connectivity index (χ0) is 14.3. The minimum atomic E-state index is -4.25. The number of ether oxygens (including phenoxy) is 3. The number of methoxy groups -OCH3 is 1. The van der Waals surface area contributed by atoms with Crippen LogP contribution in [-0.4, -0.2) is 38.7 Å². The molecule has 0 fully saturated rings. The van der Waals surface area contributed by atoms with E-state index in [-0.39, 0.29) is 36.0 Å². The van der Waals surface area contributed by atoms with Crippen LogP contribution in [0.3, 0.4) is 0 Å². The normalized spacial score (nSPS) is 14.6. The van der Waals surface area contributed by atoms with E-state index in [2.05, 4.69) is 4.74 Å². The van der Waals surface area contributed by atoms with Crippen LogP contribution in [0, 0.1) is 0 Å². The van der Waals surface area contributed by atoms with Crippen LogP contribution in [0.4, 0.5) is 0 Å². The second kappa shape index (κ2) is 9.99. The molecule has 1 atom stereocenters. The molecule has 9 heteroatoms. The molecule has 0 N–H and O–H groups in total. The fraction of sp³-hybridized carbons (Fsp3) is 0.636. The Bertz CT molecular complexity index is 453. The molecule has 1 aliphatic rings. The summed E-state index contributed by atoms with van der Waals surface area (Å²) in [5, 5.41) is 3.91. The standard InChI is InChI=1S/C6H6O2S.C5H12O4S.Na/c1-2-8-6-4-9-3-5(6)7-1;1-3-4-5(9-2)10(6,7)8;/h3-4H,1-2H2;5H,3-4H2,1-2H3,(H,6,7,8);/q;;+1/p-1. The van der Waals surface area contributed by atoms with Gasteiger partial charge in [-0.05, 0) is 6.42 Å². The van der Waals surface area contributed by atoms with Gasteiger partial charge in [0.25, 0.3) is 0 Å². The van der Waals surface area contributed by atoms with Crippen molar-refractivity contribution in [2.75, 3.05) is 20.3 Å². The maximum absolute atomic E-state index is 10.3. The largest absolute Gasteiger partial charge is 1.00 e. The predicted molar refractivity (Wildman–Crippen MR) is 70.7 cm³/mol. The third-order valence-corrected chi connectivity index (χ3v) is 4.07. The minimum Gasteiger partial charge on any atom is -0.746 e. The summed E-state index contributed by atoms with van der Waals surface area (Å²) in [6, 6.07) is 0. The van der Waals surface area contributed by atoms with Crippen molar-refractivity contribution < 1.29 is 56.7 Å². The van der Waals surface area contributed by atoms with Gasteiger partial charge in [-0.15, -0.1) is 11.3 Å². The minimum absolute atomic E-state index is 0. The first-order valence-electron chi connectivity index (χ1n) is 5.78. The van der Waals surface area contributed by atoms with E-state index in [1.54, 1.807) is 18.3 Å². The van der Waals surface area contributed by atoms with Gasteiger partial charge >= 0.3 is 29.6 Å². The third-order valence-electron chi connectivity index (χ3n) is 2.30. The SMILES string of the molecule is CCCC(OC)S(=O)(=O)[O-].[Na+].c1scc2c1OCCO2. The molecule has 0 saturated heterocycles. The smallest absolute Gasteiger partial charge is 0.746 e. The number of hydrogen-bond acceptors (Lipinski definition) is 7. The van der Waals surface area contributed by atoms with Crippen molar-refractivity contribution in [1.29, 1.82) is 0 Å². The summed E-state index contributed by atoms with van der Waals surface area (Å²) in [7, 11) is -3.03. The average Bonchev–Trinajstić information content (AvgIpc) is 2.83.